The third kappa shape index (κ3) is 3.53. The number of fused-ring (bicyclic) bond motifs is 1. The molecule has 6 nitrogen and oxygen atoms in total. The number of rotatable bonds is 4. The Balaban J connectivity index is 1.29. The third-order valence-corrected chi connectivity index (χ3v) is 6.29. The fraction of sp³-hybridized carbons (Fsp3) is 0.476. The van der Waals surface area contributed by atoms with Crippen LogP contribution in [0.1, 0.15) is 19.3 Å². The van der Waals surface area contributed by atoms with Gasteiger partial charge in [-0.25, -0.2) is 0 Å². The first-order valence-electron chi connectivity index (χ1n) is 9.83. The summed E-state index contributed by atoms with van der Waals surface area (Å²) in [6.45, 7) is 2.84. The Labute approximate surface area is 169 Å². The molecule has 0 saturated carbocycles. The molecule has 0 N–H and O–H groups in total. The lowest BCUT2D eigenvalue weighted by Gasteiger charge is -2.36. The maximum absolute atomic E-state index is 12.6. The number of para-hydroxylation sites is 1. The quantitative estimate of drug-likeness (QED) is 0.574. The zero-order chi connectivity index (χ0) is 19.7. The summed E-state index contributed by atoms with van der Waals surface area (Å²) in [5.74, 6) is -0.697. The fourth-order valence-electron chi connectivity index (χ4n) is 4.36. The second kappa shape index (κ2) is 7.95. The SMILES string of the molecule is O=C(CCN1C(=O)[C@H]2CC=CC[C@@H]2C1=O)N1CCN(c2ccccc2Cl)CC1. The van der Waals surface area contributed by atoms with Crippen molar-refractivity contribution in [1.82, 2.24) is 9.80 Å². The molecule has 2 aliphatic heterocycles. The molecule has 28 heavy (non-hydrogen) atoms. The number of amides is 3. The van der Waals surface area contributed by atoms with Crippen molar-refractivity contribution >= 4 is 35.0 Å². The standard InChI is InChI=1S/C21H24ClN3O3/c22-17-7-3-4-8-18(17)23-11-13-24(14-12-23)19(26)9-10-25-20(27)15-5-1-2-6-16(15)21(25)28/h1-4,7-8,15-16H,5-6,9-14H2/t15-,16-/m0/s1. The summed E-state index contributed by atoms with van der Waals surface area (Å²) in [5, 5.41) is 0.712. The van der Waals surface area contributed by atoms with E-state index in [4.69, 9.17) is 11.6 Å². The number of allylic oxidation sites excluding steroid dienone is 2. The third-order valence-electron chi connectivity index (χ3n) is 5.97. The minimum Gasteiger partial charge on any atom is -0.367 e. The van der Waals surface area contributed by atoms with Crippen LogP contribution in [0.25, 0.3) is 0 Å². The first-order chi connectivity index (χ1) is 13.6. The first kappa shape index (κ1) is 19.0. The van der Waals surface area contributed by atoms with Gasteiger partial charge in [-0.2, -0.15) is 0 Å². The summed E-state index contributed by atoms with van der Waals surface area (Å²) < 4.78 is 0. The highest BCUT2D eigenvalue weighted by Crippen LogP contribution is 2.35. The molecule has 4 rings (SSSR count). The van der Waals surface area contributed by atoms with Crippen molar-refractivity contribution in [3.05, 3.63) is 41.4 Å². The normalized spacial score (nSPS) is 24.7. The minimum absolute atomic E-state index is 0.00703. The van der Waals surface area contributed by atoms with E-state index in [9.17, 15) is 14.4 Å². The van der Waals surface area contributed by atoms with E-state index >= 15 is 0 Å². The van der Waals surface area contributed by atoms with Crippen molar-refractivity contribution in [2.45, 2.75) is 19.3 Å². The van der Waals surface area contributed by atoms with Gasteiger partial charge in [0.25, 0.3) is 0 Å². The van der Waals surface area contributed by atoms with Gasteiger partial charge in [0, 0.05) is 39.1 Å². The molecule has 1 aliphatic carbocycles. The van der Waals surface area contributed by atoms with Crippen LogP contribution in [-0.2, 0) is 14.4 Å². The van der Waals surface area contributed by atoms with Gasteiger partial charge < -0.3 is 9.80 Å². The molecule has 7 heteroatoms. The second-order valence-electron chi connectivity index (χ2n) is 7.55. The number of imide groups is 1. The van der Waals surface area contributed by atoms with Gasteiger partial charge in [0.05, 0.1) is 22.5 Å². The molecule has 148 valence electrons. The molecular weight excluding hydrogens is 378 g/mol. The lowest BCUT2D eigenvalue weighted by atomic mass is 9.85. The lowest BCUT2D eigenvalue weighted by molar-refractivity contribution is -0.140. The summed E-state index contributed by atoms with van der Waals surface area (Å²) in [5.41, 5.74) is 0.987. The van der Waals surface area contributed by atoms with Gasteiger partial charge in [-0.3, -0.25) is 19.3 Å². The molecule has 2 saturated heterocycles. The van der Waals surface area contributed by atoms with Gasteiger partial charge in [-0.1, -0.05) is 35.9 Å². The van der Waals surface area contributed by atoms with E-state index < -0.39 is 0 Å². The highest BCUT2D eigenvalue weighted by molar-refractivity contribution is 6.33. The Kier molecular flexibility index (Phi) is 5.40. The van der Waals surface area contributed by atoms with Crippen molar-refractivity contribution in [2.24, 2.45) is 11.8 Å². The van der Waals surface area contributed by atoms with Crippen LogP contribution in [0.15, 0.2) is 36.4 Å². The van der Waals surface area contributed by atoms with E-state index in [1.54, 1.807) is 0 Å². The molecule has 0 bridgehead atoms. The zero-order valence-electron chi connectivity index (χ0n) is 15.7. The van der Waals surface area contributed by atoms with Crippen molar-refractivity contribution < 1.29 is 14.4 Å². The van der Waals surface area contributed by atoms with Crippen LogP contribution in [0, 0.1) is 11.8 Å². The molecule has 3 amide bonds. The summed E-state index contributed by atoms with van der Waals surface area (Å²) in [4.78, 5) is 42.9. The number of carbonyl (C=O) groups is 3. The minimum atomic E-state index is -0.230. The highest BCUT2D eigenvalue weighted by Gasteiger charge is 2.47. The summed E-state index contributed by atoms with van der Waals surface area (Å²) in [6, 6.07) is 7.71. The molecule has 2 heterocycles. The Morgan fingerprint density at radius 3 is 2.18 bits per heavy atom. The highest BCUT2D eigenvalue weighted by atomic mass is 35.5. The Morgan fingerprint density at radius 2 is 1.57 bits per heavy atom. The zero-order valence-corrected chi connectivity index (χ0v) is 16.5. The molecule has 1 aromatic rings. The number of hydrogen-bond acceptors (Lipinski definition) is 4. The topological polar surface area (TPSA) is 60.9 Å². The predicted octanol–water partition coefficient (Wildman–Crippen LogP) is 2.33. The number of carbonyl (C=O) groups excluding carboxylic acids is 3. The van der Waals surface area contributed by atoms with Gasteiger partial charge in [0.15, 0.2) is 0 Å². The van der Waals surface area contributed by atoms with Crippen LogP contribution >= 0.6 is 11.6 Å². The van der Waals surface area contributed by atoms with Gasteiger partial charge in [0.2, 0.25) is 17.7 Å². The Bertz CT molecular complexity index is 791. The largest absolute Gasteiger partial charge is 0.367 e. The molecule has 0 spiro atoms. The summed E-state index contributed by atoms with van der Waals surface area (Å²) in [7, 11) is 0. The van der Waals surface area contributed by atoms with Gasteiger partial charge >= 0.3 is 0 Å². The van der Waals surface area contributed by atoms with E-state index in [2.05, 4.69) is 4.90 Å². The fourth-order valence-corrected chi connectivity index (χ4v) is 4.62. The lowest BCUT2D eigenvalue weighted by Crippen LogP contribution is -2.49. The van der Waals surface area contributed by atoms with Gasteiger partial charge in [0.1, 0.15) is 0 Å². The maximum atomic E-state index is 12.6. The molecule has 0 unspecified atom stereocenters. The van der Waals surface area contributed by atoms with E-state index in [0.29, 0.717) is 44.0 Å². The number of piperazine rings is 1. The summed E-state index contributed by atoms with van der Waals surface area (Å²) >= 11 is 6.26. The number of benzene rings is 1. The molecule has 2 atom stereocenters. The van der Waals surface area contributed by atoms with Crippen LogP contribution < -0.4 is 4.90 Å². The van der Waals surface area contributed by atoms with Crippen LogP contribution in [0.4, 0.5) is 5.69 Å². The van der Waals surface area contributed by atoms with Gasteiger partial charge in [-0.15, -0.1) is 0 Å². The first-order valence-corrected chi connectivity index (χ1v) is 10.2. The summed E-state index contributed by atoms with van der Waals surface area (Å²) in [6.07, 6.45) is 5.39. The van der Waals surface area contributed by atoms with Crippen molar-refractivity contribution in [2.75, 3.05) is 37.6 Å². The molecule has 3 aliphatic rings. The number of anilines is 1. The van der Waals surface area contributed by atoms with Crippen molar-refractivity contribution in [1.29, 1.82) is 0 Å². The maximum Gasteiger partial charge on any atom is 0.233 e. The second-order valence-corrected chi connectivity index (χ2v) is 7.96. The Hall–Kier alpha value is -2.34. The molecular formula is C21H24ClN3O3. The van der Waals surface area contributed by atoms with Crippen LogP contribution in [-0.4, -0.2) is 60.2 Å². The van der Waals surface area contributed by atoms with Crippen molar-refractivity contribution in [3.8, 4) is 0 Å². The molecule has 2 fully saturated rings. The van der Waals surface area contributed by atoms with Crippen LogP contribution in [0.2, 0.25) is 5.02 Å². The molecule has 0 aromatic heterocycles. The van der Waals surface area contributed by atoms with Crippen molar-refractivity contribution in [3.63, 3.8) is 0 Å². The monoisotopic (exact) mass is 401 g/mol. The smallest absolute Gasteiger partial charge is 0.233 e. The van der Waals surface area contributed by atoms with E-state index in [-0.39, 0.29) is 42.5 Å². The number of halogens is 1. The predicted molar refractivity (Wildman–Crippen MR) is 107 cm³/mol. The van der Waals surface area contributed by atoms with E-state index in [1.165, 1.54) is 4.90 Å². The number of likely N-dealkylation sites (tertiary alicyclic amines) is 1. The van der Waals surface area contributed by atoms with E-state index in [1.807, 2.05) is 41.3 Å². The average molecular weight is 402 g/mol. The van der Waals surface area contributed by atoms with Crippen LogP contribution in [0.5, 0.6) is 0 Å². The molecule has 0 radical (unpaired) electrons. The van der Waals surface area contributed by atoms with Gasteiger partial charge in [-0.05, 0) is 25.0 Å². The van der Waals surface area contributed by atoms with E-state index in [0.717, 1.165) is 5.69 Å². The average Bonchev–Trinajstić information content (AvgIpc) is 2.97. The number of nitrogens with zero attached hydrogens (tertiary/aromatic N) is 3. The Morgan fingerprint density at radius 1 is 0.964 bits per heavy atom. The van der Waals surface area contributed by atoms with Crippen LogP contribution in [0.3, 0.4) is 0 Å². The molecule has 1 aromatic carbocycles. The number of hydrogen-bond donors (Lipinski definition) is 0.